The smallest absolute Gasteiger partial charge is 0.251 e. The van der Waals surface area contributed by atoms with Crippen molar-refractivity contribution in [2.24, 2.45) is 5.92 Å². The van der Waals surface area contributed by atoms with Gasteiger partial charge in [-0.05, 0) is 56.4 Å². The Kier molecular flexibility index (Phi) is 5.56. The fourth-order valence-corrected chi connectivity index (χ4v) is 3.55. The molecule has 2 saturated heterocycles. The molecule has 2 heterocycles. The van der Waals surface area contributed by atoms with Gasteiger partial charge in [0.2, 0.25) is 5.91 Å². The number of benzene rings is 1. The van der Waals surface area contributed by atoms with E-state index >= 15 is 0 Å². The summed E-state index contributed by atoms with van der Waals surface area (Å²) >= 11 is 3.46. The average Bonchev–Trinajstić information content (AvgIpc) is 3.12. The number of ether oxygens (including phenoxy) is 1. The Labute approximate surface area is 150 Å². The van der Waals surface area contributed by atoms with Crippen molar-refractivity contribution in [3.05, 3.63) is 28.2 Å². The van der Waals surface area contributed by atoms with Crippen molar-refractivity contribution in [2.45, 2.75) is 38.7 Å². The van der Waals surface area contributed by atoms with Gasteiger partial charge in [0.1, 0.15) is 6.10 Å². The topological polar surface area (TPSA) is 58.6 Å². The maximum absolute atomic E-state index is 12.4. The van der Waals surface area contributed by atoms with E-state index in [-0.39, 0.29) is 23.8 Å². The lowest BCUT2D eigenvalue weighted by molar-refractivity contribution is -0.143. The second-order valence-corrected chi connectivity index (χ2v) is 7.41. The number of halogens is 1. The summed E-state index contributed by atoms with van der Waals surface area (Å²) in [7, 11) is 0. The van der Waals surface area contributed by atoms with Gasteiger partial charge in [-0.1, -0.05) is 15.9 Å². The third-order valence-corrected chi connectivity index (χ3v) is 5.70. The number of carbonyl (C=O) groups is 2. The molecule has 6 heteroatoms. The lowest BCUT2D eigenvalue weighted by atomic mass is 9.95. The fraction of sp³-hybridized carbons (Fsp3) is 0.556. The standard InChI is InChI=1S/C18H23BrN2O3/c1-12-11-14(4-5-15(12)19)20-17(22)13-6-8-21(9-7-13)18(23)16-3-2-10-24-16/h4-5,11,13,16H,2-3,6-10H2,1H3,(H,20,22). The van der Waals surface area contributed by atoms with Crippen molar-refractivity contribution >= 4 is 33.4 Å². The first-order valence-corrected chi connectivity index (χ1v) is 9.31. The van der Waals surface area contributed by atoms with Crippen molar-refractivity contribution in [1.82, 2.24) is 4.90 Å². The van der Waals surface area contributed by atoms with Crippen molar-refractivity contribution in [3.8, 4) is 0 Å². The predicted molar refractivity (Wildman–Crippen MR) is 95.8 cm³/mol. The van der Waals surface area contributed by atoms with Gasteiger partial charge in [0.25, 0.3) is 5.91 Å². The number of aryl methyl sites for hydroxylation is 1. The lowest BCUT2D eigenvalue weighted by Gasteiger charge is -2.32. The number of likely N-dealkylation sites (tertiary alicyclic amines) is 1. The third-order valence-electron chi connectivity index (χ3n) is 4.81. The Morgan fingerprint density at radius 2 is 2.00 bits per heavy atom. The summed E-state index contributed by atoms with van der Waals surface area (Å²) in [6.07, 6.45) is 2.94. The largest absolute Gasteiger partial charge is 0.368 e. The van der Waals surface area contributed by atoms with E-state index in [1.54, 1.807) is 0 Å². The second kappa shape index (κ2) is 7.66. The van der Waals surface area contributed by atoms with Crippen LogP contribution in [0.1, 0.15) is 31.2 Å². The zero-order valence-electron chi connectivity index (χ0n) is 13.9. The van der Waals surface area contributed by atoms with E-state index in [4.69, 9.17) is 4.74 Å². The van der Waals surface area contributed by atoms with Crippen LogP contribution >= 0.6 is 15.9 Å². The maximum atomic E-state index is 12.4. The molecule has 2 aliphatic rings. The molecule has 2 amide bonds. The summed E-state index contributed by atoms with van der Waals surface area (Å²) in [5, 5.41) is 2.99. The molecule has 2 aliphatic heterocycles. The van der Waals surface area contributed by atoms with E-state index in [0.717, 1.165) is 28.6 Å². The van der Waals surface area contributed by atoms with Crippen LogP contribution in [0.15, 0.2) is 22.7 Å². The second-order valence-electron chi connectivity index (χ2n) is 6.55. The molecule has 0 bridgehead atoms. The molecule has 1 aromatic carbocycles. The van der Waals surface area contributed by atoms with Gasteiger partial charge in [-0.15, -0.1) is 0 Å². The van der Waals surface area contributed by atoms with Gasteiger partial charge >= 0.3 is 0 Å². The van der Waals surface area contributed by atoms with E-state index in [2.05, 4.69) is 21.2 Å². The summed E-state index contributed by atoms with van der Waals surface area (Å²) in [5.74, 6) is 0.0957. The van der Waals surface area contributed by atoms with Gasteiger partial charge in [-0.25, -0.2) is 0 Å². The van der Waals surface area contributed by atoms with E-state index < -0.39 is 0 Å². The number of hydrogen-bond donors (Lipinski definition) is 1. The molecule has 0 aromatic heterocycles. The SMILES string of the molecule is Cc1cc(NC(=O)C2CCN(C(=O)C3CCCO3)CC2)ccc1Br. The van der Waals surface area contributed by atoms with Crippen LogP contribution in [0.25, 0.3) is 0 Å². The first kappa shape index (κ1) is 17.4. The molecule has 1 aromatic rings. The molecule has 0 saturated carbocycles. The highest BCUT2D eigenvalue weighted by molar-refractivity contribution is 9.10. The summed E-state index contributed by atoms with van der Waals surface area (Å²) in [6, 6.07) is 5.79. The Hall–Kier alpha value is -1.40. The molecule has 1 atom stereocenters. The van der Waals surface area contributed by atoms with Gasteiger partial charge in [-0.2, -0.15) is 0 Å². The van der Waals surface area contributed by atoms with Gasteiger partial charge in [0.15, 0.2) is 0 Å². The van der Waals surface area contributed by atoms with Crippen LogP contribution in [0.4, 0.5) is 5.69 Å². The van der Waals surface area contributed by atoms with Gasteiger partial charge < -0.3 is 15.0 Å². The van der Waals surface area contributed by atoms with Crippen LogP contribution in [0, 0.1) is 12.8 Å². The molecule has 2 fully saturated rings. The monoisotopic (exact) mass is 394 g/mol. The zero-order valence-corrected chi connectivity index (χ0v) is 15.5. The summed E-state index contributed by atoms with van der Waals surface area (Å²) < 4.78 is 6.50. The Bertz CT molecular complexity index is 621. The molecule has 1 unspecified atom stereocenters. The highest BCUT2D eigenvalue weighted by Gasteiger charge is 2.32. The minimum absolute atomic E-state index is 0.0394. The third kappa shape index (κ3) is 3.98. The van der Waals surface area contributed by atoms with Crippen molar-refractivity contribution in [1.29, 1.82) is 0 Å². The summed E-state index contributed by atoms with van der Waals surface area (Å²) in [5.41, 5.74) is 1.91. The van der Waals surface area contributed by atoms with Crippen LogP contribution in [-0.2, 0) is 14.3 Å². The van der Waals surface area contributed by atoms with Crippen molar-refractivity contribution in [3.63, 3.8) is 0 Å². The number of anilines is 1. The number of hydrogen-bond acceptors (Lipinski definition) is 3. The van der Waals surface area contributed by atoms with Gasteiger partial charge in [-0.3, -0.25) is 9.59 Å². The van der Waals surface area contributed by atoms with Crippen LogP contribution in [-0.4, -0.2) is 42.5 Å². The lowest BCUT2D eigenvalue weighted by Crippen LogP contribution is -2.45. The quantitative estimate of drug-likeness (QED) is 0.856. The maximum Gasteiger partial charge on any atom is 0.251 e. The Morgan fingerprint density at radius 3 is 2.62 bits per heavy atom. The van der Waals surface area contributed by atoms with E-state index in [1.165, 1.54) is 0 Å². The summed E-state index contributed by atoms with van der Waals surface area (Å²) in [6.45, 7) is 3.95. The number of rotatable bonds is 3. The molecule has 5 nitrogen and oxygen atoms in total. The van der Waals surface area contributed by atoms with E-state index in [0.29, 0.717) is 32.5 Å². The molecule has 0 aliphatic carbocycles. The Balaban J connectivity index is 1.51. The number of nitrogens with zero attached hydrogens (tertiary/aromatic N) is 1. The highest BCUT2D eigenvalue weighted by Crippen LogP contribution is 2.24. The molecule has 3 rings (SSSR count). The van der Waals surface area contributed by atoms with Gasteiger partial charge in [0.05, 0.1) is 0 Å². The van der Waals surface area contributed by atoms with E-state index in [9.17, 15) is 9.59 Å². The average molecular weight is 395 g/mol. The predicted octanol–water partition coefficient (Wildman–Crippen LogP) is 3.11. The minimum atomic E-state index is -0.263. The number of amides is 2. The molecular formula is C18H23BrN2O3. The number of nitrogens with one attached hydrogen (secondary N) is 1. The van der Waals surface area contributed by atoms with Crippen molar-refractivity contribution < 1.29 is 14.3 Å². The zero-order chi connectivity index (χ0) is 17.1. The molecule has 24 heavy (non-hydrogen) atoms. The van der Waals surface area contributed by atoms with E-state index in [1.807, 2.05) is 30.0 Å². The van der Waals surface area contributed by atoms with Crippen LogP contribution in [0.2, 0.25) is 0 Å². The first-order valence-electron chi connectivity index (χ1n) is 8.52. The fourth-order valence-electron chi connectivity index (χ4n) is 3.30. The minimum Gasteiger partial charge on any atom is -0.368 e. The first-order chi connectivity index (χ1) is 11.5. The highest BCUT2D eigenvalue weighted by atomic mass is 79.9. The van der Waals surface area contributed by atoms with Crippen molar-refractivity contribution in [2.75, 3.05) is 25.0 Å². The number of piperidine rings is 1. The molecule has 130 valence electrons. The molecule has 1 N–H and O–H groups in total. The normalized spacial score (nSPS) is 21.8. The molecular weight excluding hydrogens is 372 g/mol. The van der Waals surface area contributed by atoms with Crippen LogP contribution in [0.5, 0.6) is 0 Å². The van der Waals surface area contributed by atoms with Gasteiger partial charge in [0, 0.05) is 35.8 Å². The molecule has 0 radical (unpaired) electrons. The molecule has 0 spiro atoms. The Morgan fingerprint density at radius 1 is 1.25 bits per heavy atom. The van der Waals surface area contributed by atoms with Crippen LogP contribution in [0.3, 0.4) is 0 Å². The van der Waals surface area contributed by atoms with Crippen LogP contribution < -0.4 is 5.32 Å². The number of carbonyl (C=O) groups excluding carboxylic acids is 2. The summed E-state index contributed by atoms with van der Waals surface area (Å²) in [4.78, 5) is 26.6.